The lowest BCUT2D eigenvalue weighted by Crippen LogP contribution is -1.91. The third-order valence-corrected chi connectivity index (χ3v) is 5.29. The first kappa shape index (κ1) is 19.4. The highest BCUT2D eigenvalue weighted by Gasteiger charge is 2.09. The first-order valence-corrected chi connectivity index (χ1v) is 10.3. The van der Waals surface area contributed by atoms with E-state index in [1.165, 1.54) is 16.9 Å². The van der Waals surface area contributed by atoms with E-state index in [0.29, 0.717) is 10.6 Å². The maximum Gasteiger partial charge on any atom is 0.136 e. The summed E-state index contributed by atoms with van der Waals surface area (Å²) in [6.07, 6.45) is 1.69. The van der Waals surface area contributed by atoms with Crippen LogP contribution in [0, 0.1) is 18.3 Å². The normalized spacial score (nSPS) is 11.0. The van der Waals surface area contributed by atoms with Gasteiger partial charge in [-0.1, -0.05) is 48.0 Å². The van der Waals surface area contributed by atoms with Gasteiger partial charge < -0.3 is 10.1 Å². The smallest absolute Gasteiger partial charge is 0.136 e. The Labute approximate surface area is 179 Å². The molecule has 0 aliphatic carbocycles. The van der Waals surface area contributed by atoms with E-state index >= 15 is 0 Å². The Bertz CT molecular complexity index is 1190. The molecule has 1 aromatic heterocycles. The molecule has 146 valence electrons. The molecule has 0 fully saturated rings. The third-order valence-electron chi connectivity index (χ3n) is 4.42. The van der Waals surface area contributed by atoms with Gasteiger partial charge in [0, 0.05) is 22.8 Å². The van der Waals surface area contributed by atoms with E-state index in [0.717, 1.165) is 28.4 Å². The highest BCUT2D eigenvalue weighted by Crippen LogP contribution is 2.27. The van der Waals surface area contributed by atoms with Crippen LogP contribution in [-0.4, -0.2) is 4.98 Å². The van der Waals surface area contributed by atoms with Crippen LogP contribution in [0.1, 0.15) is 10.6 Å². The number of para-hydroxylation sites is 1. The number of nitriles is 1. The second-order valence-corrected chi connectivity index (χ2v) is 7.52. The van der Waals surface area contributed by atoms with Crippen LogP contribution in [0.25, 0.3) is 16.8 Å². The second kappa shape index (κ2) is 9.08. The summed E-state index contributed by atoms with van der Waals surface area (Å²) >= 11 is 1.46. The standard InChI is InChI=1S/C25H19N3OS/c1-18-7-9-19(10-8-18)24-17-30-25(28-24)20(15-26)16-27-21-11-13-23(14-12-21)29-22-5-3-2-4-6-22/h2-14,16-17,27H,1H3. The molecule has 0 atom stereocenters. The molecule has 0 saturated heterocycles. The van der Waals surface area contributed by atoms with Crippen molar-refractivity contribution in [3.8, 4) is 28.8 Å². The Morgan fingerprint density at radius 1 is 0.967 bits per heavy atom. The van der Waals surface area contributed by atoms with Crippen molar-refractivity contribution >= 4 is 22.6 Å². The molecule has 1 N–H and O–H groups in total. The van der Waals surface area contributed by atoms with E-state index in [2.05, 4.69) is 35.4 Å². The lowest BCUT2D eigenvalue weighted by atomic mass is 10.1. The summed E-state index contributed by atoms with van der Waals surface area (Å²) in [4.78, 5) is 4.62. The maximum absolute atomic E-state index is 9.57. The minimum Gasteiger partial charge on any atom is -0.457 e. The molecular weight excluding hydrogens is 390 g/mol. The van der Waals surface area contributed by atoms with Gasteiger partial charge in [-0.15, -0.1) is 11.3 Å². The van der Waals surface area contributed by atoms with E-state index < -0.39 is 0 Å². The summed E-state index contributed by atoms with van der Waals surface area (Å²) in [6, 6.07) is 27.6. The highest BCUT2D eigenvalue weighted by atomic mass is 32.1. The van der Waals surface area contributed by atoms with Crippen molar-refractivity contribution in [3.63, 3.8) is 0 Å². The van der Waals surface area contributed by atoms with Crippen molar-refractivity contribution in [2.75, 3.05) is 5.32 Å². The molecule has 0 bridgehead atoms. The lowest BCUT2D eigenvalue weighted by Gasteiger charge is -2.07. The molecule has 0 unspecified atom stereocenters. The van der Waals surface area contributed by atoms with E-state index in [4.69, 9.17) is 4.74 Å². The Morgan fingerprint density at radius 2 is 1.67 bits per heavy atom. The van der Waals surface area contributed by atoms with Gasteiger partial charge in [0.05, 0.1) is 5.69 Å². The summed E-state index contributed by atoms with van der Waals surface area (Å²) in [5.74, 6) is 1.54. The third kappa shape index (κ3) is 4.75. The molecular formula is C25H19N3OS. The zero-order valence-electron chi connectivity index (χ0n) is 16.4. The van der Waals surface area contributed by atoms with Crippen LogP contribution >= 0.6 is 11.3 Å². The predicted molar refractivity (Wildman–Crippen MR) is 122 cm³/mol. The molecule has 3 aromatic carbocycles. The largest absolute Gasteiger partial charge is 0.457 e. The van der Waals surface area contributed by atoms with Gasteiger partial charge in [-0.05, 0) is 43.3 Å². The fourth-order valence-corrected chi connectivity index (χ4v) is 3.59. The number of aromatic nitrogens is 1. The number of thiazole rings is 1. The van der Waals surface area contributed by atoms with Crippen LogP contribution in [0.5, 0.6) is 11.5 Å². The molecule has 0 aliphatic rings. The zero-order chi connectivity index (χ0) is 20.8. The van der Waals surface area contributed by atoms with E-state index in [1.54, 1.807) is 6.20 Å². The van der Waals surface area contributed by atoms with Crippen molar-refractivity contribution in [1.82, 2.24) is 4.98 Å². The van der Waals surface area contributed by atoms with E-state index in [1.807, 2.05) is 72.1 Å². The van der Waals surface area contributed by atoms with Gasteiger partial charge in [0.25, 0.3) is 0 Å². The Hall–Kier alpha value is -3.88. The van der Waals surface area contributed by atoms with E-state index in [9.17, 15) is 5.26 Å². The Kier molecular flexibility index (Phi) is 5.88. The average molecular weight is 410 g/mol. The fraction of sp³-hybridized carbons (Fsp3) is 0.0400. The number of ether oxygens (including phenoxy) is 1. The first-order valence-electron chi connectivity index (χ1n) is 9.44. The molecule has 1 heterocycles. The van der Waals surface area contributed by atoms with Gasteiger partial charge in [-0.3, -0.25) is 0 Å². The average Bonchev–Trinajstić information content (AvgIpc) is 3.27. The number of hydrogen-bond donors (Lipinski definition) is 1. The molecule has 30 heavy (non-hydrogen) atoms. The summed E-state index contributed by atoms with van der Waals surface area (Å²) in [5.41, 5.74) is 4.47. The molecule has 4 nitrogen and oxygen atoms in total. The summed E-state index contributed by atoms with van der Waals surface area (Å²) in [7, 11) is 0. The minimum absolute atomic E-state index is 0.489. The van der Waals surface area contributed by atoms with Crippen molar-refractivity contribution in [3.05, 3.63) is 101 Å². The molecule has 0 saturated carbocycles. The predicted octanol–water partition coefficient (Wildman–Crippen LogP) is 6.89. The van der Waals surface area contributed by atoms with Crippen LogP contribution in [-0.2, 0) is 0 Å². The number of hydrogen-bond acceptors (Lipinski definition) is 5. The first-order chi connectivity index (χ1) is 14.7. The molecule has 4 aromatic rings. The van der Waals surface area contributed by atoms with Crippen LogP contribution in [0.3, 0.4) is 0 Å². The number of aryl methyl sites for hydroxylation is 1. The van der Waals surface area contributed by atoms with Gasteiger partial charge in [-0.25, -0.2) is 4.98 Å². The number of benzene rings is 3. The fourth-order valence-electron chi connectivity index (χ4n) is 2.80. The van der Waals surface area contributed by atoms with Crippen LogP contribution in [0.15, 0.2) is 90.4 Å². The monoisotopic (exact) mass is 409 g/mol. The quantitative estimate of drug-likeness (QED) is 0.352. The van der Waals surface area contributed by atoms with E-state index in [-0.39, 0.29) is 0 Å². The van der Waals surface area contributed by atoms with Crippen LogP contribution < -0.4 is 10.1 Å². The zero-order valence-corrected chi connectivity index (χ0v) is 17.2. The summed E-state index contributed by atoms with van der Waals surface area (Å²) in [5, 5.41) is 15.4. The van der Waals surface area contributed by atoms with Gasteiger partial charge in [0.15, 0.2) is 0 Å². The van der Waals surface area contributed by atoms with Gasteiger partial charge in [0.2, 0.25) is 0 Å². The van der Waals surface area contributed by atoms with Crippen molar-refractivity contribution in [1.29, 1.82) is 5.26 Å². The number of nitrogens with zero attached hydrogens (tertiary/aromatic N) is 2. The lowest BCUT2D eigenvalue weighted by molar-refractivity contribution is 0.483. The van der Waals surface area contributed by atoms with Crippen molar-refractivity contribution < 1.29 is 4.74 Å². The number of nitrogens with one attached hydrogen (secondary N) is 1. The van der Waals surface area contributed by atoms with Gasteiger partial charge >= 0.3 is 0 Å². The molecule has 0 amide bonds. The molecule has 5 heteroatoms. The molecule has 4 rings (SSSR count). The summed E-state index contributed by atoms with van der Waals surface area (Å²) in [6.45, 7) is 2.05. The van der Waals surface area contributed by atoms with Crippen LogP contribution in [0.4, 0.5) is 5.69 Å². The molecule has 0 spiro atoms. The minimum atomic E-state index is 0.489. The van der Waals surface area contributed by atoms with Crippen molar-refractivity contribution in [2.24, 2.45) is 0 Å². The molecule has 0 aliphatic heterocycles. The Balaban J connectivity index is 1.45. The topological polar surface area (TPSA) is 57.9 Å². The second-order valence-electron chi connectivity index (χ2n) is 6.66. The number of allylic oxidation sites excluding steroid dienone is 1. The number of anilines is 1. The molecule has 0 radical (unpaired) electrons. The summed E-state index contributed by atoms with van der Waals surface area (Å²) < 4.78 is 5.80. The highest BCUT2D eigenvalue weighted by molar-refractivity contribution is 7.11. The maximum atomic E-state index is 9.57. The Morgan fingerprint density at radius 3 is 2.37 bits per heavy atom. The SMILES string of the molecule is Cc1ccc(-c2csc(C(C#N)=CNc3ccc(Oc4ccccc4)cc3)n2)cc1. The van der Waals surface area contributed by atoms with Gasteiger partial charge in [-0.2, -0.15) is 5.26 Å². The number of rotatable bonds is 6. The van der Waals surface area contributed by atoms with Crippen molar-refractivity contribution in [2.45, 2.75) is 6.92 Å². The van der Waals surface area contributed by atoms with Crippen LogP contribution in [0.2, 0.25) is 0 Å². The van der Waals surface area contributed by atoms with Gasteiger partial charge in [0.1, 0.15) is 28.1 Å².